The van der Waals surface area contributed by atoms with Gasteiger partial charge in [-0.1, -0.05) is 12.1 Å². The summed E-state index contributed by atoms with van der Waals surface area (Å²) >= 11 is 0. The van der Waals surface area contributed by atoms with Gasteiger partial charge in [0.15, 0.2) is 5.96 Å². The third kappa shape index (κ3) is 6.98. The van der Waals surface area contributed by atoms with Gasteiger partial charge >= 0.3 is 0 Å². The van der Waals surface area contributed by atoms with Gasteiger partial charge in [0.25, 0.3) is 0 Å². The van der Waals surface area contributed by atoms with Gasteiger partial charge in [0.2, 0.25) is 0 Å². The van der Waals surface area contributed by atoms with Crippen LogP contribution < -0.4 is 20.1 Å². The second-order valence-corrected chi connectivity index (χ2v) is 5.54. The second kappa shape index (κ2) is 12.0. The first kappa shape index (κ1) is 22.6. The fourth-order valence-corrected chi connectivity index (χ4v) is 2.37. The Hall–Kier alpha value is -2.47. The number of nitrogens with one attached hydrogen (secondary N) is 2. The molecule has 27 heavy (non-hydrogen) atoms. The molecule has 0 unspecified atom stereocenters. The third-order valence-corrected chi connectivity index (χ3v) is 3.79. The molecule has 0 heterocycles. The Kier molecular flexibility index (Phi) is 10.0. The number of hydrogen-bond donors (Lipinski definition) is 2. The van der Waals surface area contributed by atoms with E-state index in [0.29, 0.717) is 18.7 Å². The molecule has 144 valence electrons. The number of benzene rings is 2. The quantitative estimate of drug-likeness (QED) is 0.361. The van der Waals surface area contributed by atoms with Crippen molar-refractivity contribution < 1.29 is 9.47 Å². The highest BCUT2D eigenvalue weighted by atomic mass is 127. The van der Waals surface area contributed by atoms with Crippen LogP contribution in [0.2, 0.25) is 0 Å². The van der Waals surface area contributed by atoms with Gasteiger partial charge in [-0.2, -0.15) is 5.26 Å². The van der Waals surface area contributed by atoms with Crippen molar-refractivity contribution >= 4 is 29.9 Å². The molecule has 0 bridgehead atoms. The molecule has 0 saturated heterocycles. The van der Waals surface area contributed by atoms with Crippen molar-refractivity contribution in [3.05, 3.63) is 59.2 Å². The molecule has 0 atom stereocenters. The molecule has 2 rings (SSSR count). The van der Waals surface area contributed by atoms with Crippen molar-refractivity contribution in [2.75, 3.05) is 20.8 Å². The molecule has 0 spiro atoms. The van der Waals surface area contributed by atoms with E-state index in [1.54, 1.807) is 26.4 Å². The van der Waals surface area contributed by atoms with Crippen LogP contribution in [0, 0.1) is 11.3 Å². The van der Waals surface area contributed by atoms with E-state index in [1.807, 2.05) is 37.3 Å². The minimum atomic E-state index is 0. The molecule has 0 aliphatic carbocycles. The monoisotopic (exact) mass is 480 g/mol. The number of nitriles is 1. The molecule has 0 radical (unpaired) electrons. The number of hydrogen-bond acceptors (Lipinski definition) is 4. The van der Waals surface area contributed by atoms with Gasteiger partial charge in [-0.05, 0) is 36.8 Å². The van der Waals surface area contributed by atoms with E-state index in [1.165, 1.54) is 0 Å². The van der Waals surface area contributed by atoms with Gasteiger partial charge in [-0.15, -0.1) is 24.0 Å². The summed E-state index contributed by atoms with van der Waals surface area (Å²) in [6.07, 6.45) is 0. The Labute approximate surface area is 177 Å². The zero-order valence-corrected chi connectivity index (χ0v) is 18.1. The van der Waals surface area contributed by atoms with Crippen LogP contribution in [0.3, 0.4) is 0 Å². The predicted octanol–water partition coefficient (Wildman–Crippen LogP) is 3.45. The average Bonchev–Trinajstić information content (AvgIpc) is 2.70. The summed E-state index contributed by atoms with van der Waals surface area (Å²) in [6.45, 7) is 3.89. The lowest BCUT2D eigenvalue weighted by molar-refractivity contribution is 0.390. The molecule has 6 nitrogen and oxygen atoms in total. The summed E-state index contributed by atoms with van der Waals surface area (Å²) in [5.74, 6) is 2.24. The maximum atomic E-state index is 8.85. The molecular formula is C20H25IN4O2. The molecule has 0 aliphatic rings. The van der Waals surface area contributed by atoms with E-state index in [-0.39, 0.29) is 24.0 Å². The van der Waals surface area contributed by atoms with E-state index in [4.69, 9.17) is 14.7 Å². The Balaban J connectivity index is 0.00000364. The van der Waals surface area contributed by atoms with Crippen molar-refractivity contribution in [1.29, 1.82) is 5.26 Å². The number of methoxy groups -OCH3 is 2. The molecule has 0 aromatic heterocycles. The summed E-state index contributed by atoms with van der Waals surface area (Å²) in [7, 11) is 3.27. The fraction of sp³-hybridized carbons (Fsp3) is 0.300. The van der Waals surface area contributed by atoms with E-state index in [2.05, 4.69) is 21.7 Å². The Morgan fingerprint density at radius 3 is 2.41 bits per heavy atom. The lowest BCUT2D eigenvalue weighted by Crippen LogP contribution is -2.36. The molecule has 0 aliphatic heterocycles. The molecular weight excluding hydrogens is 455 g/mol. The van der Waals surface area contributed by atoms with E-state index in [0.717, 1.165) is 35.1 Å². The molecule has 2 aromatic carbocycles. The maximum Gasteiger partial charge on any atom is 0.191 e. The number of guanidine groups is 1. The van der Waals surface area contributed by atoms with Gasteiger partial charge in [-0.25, -0.2) is 4.99 Å². The van der Waals surface area contributed by atoms with E-state index < -0.39 is 0 Å². The SMILES string of the molecule is CCNC(=NCc1ccc(C#N)cc1)NCc1ccc(OC)cc1OC.I. The van der Waals surface area contributed by atoms with E-state index in [9.17, 15) is 0 Å². The highest BCUT2D eigenvalue weighted by Crippen LogP contribution is 2.24. The van der Waals surface area contributed by atoms with Crippen molar-refractivity contribution in [3.8, 4) is 17.6 Å². The Bertz CT molecular complexity index is 786. The van der Waals surface area contributed by atoms with E-state index >= 15 is 0 Å². The van der Waals surface area contributed by atoms with Gasteiger partial charge in [0.1, 0.15) is 11.5 Å². The normalized spacial score (nSPS) is 10.4. The van der Waals surface area contributed by atoms with Crippen LogP contribution in [0.25, 0.3) is 0 Å². The van der Waals surface area contributed by atoms with Crippen LogP contribution in [-0.2, 0) is 13.1 Å². The lowest BCUT2D eigenvalue weighted by Gasteiger charge is -2.14. The van der Waals surface area contributed by atoms with Gasteiger partial charge < -0.3 is 20.1 Å². The van der Waals surface area contributed by atoms with Crippen molar-refractivity contribution in [1.82, 2.24) is 10.6 Å². The van der Waals surface area contributed by atoms with Crippen LogP contribution in [0.4, 0.5) is 0 Å². The molecule has 0 saturated carbocycles. The summed E-state index contributed by atoms with van der Waals surface area (Å²) in [4.78, 5) is 4.59. The summed E-state index contributed by atoms with van der Waals surface area (Å²) in [5.41, 5.74) is 2.70. The number of ether oxygens (including phenoxy) is 2. The Morgan fingerprint density at radius 2 is 1.81 bits per heavy atom. The third-order valence-electron chi connectivity index (χ3n) is 3.79. The van der Waals surface area contributed by atoms with Gasteiger partial charge in [0, 0.05) is 24.7 Å². The molecule has 2 N–H and O–H groups in total. The summed E-state index contributed by atoms with van der Waals surface area (Å²) < 4.78 is 10.6. The zero-order chi connectivity index (χ0) is 18.8. The standard InChI is InChI=1S/C20H24N4O2.HI/c1-4-22-20(23-13-16-7-5-15(12-21)6-8-16)24-14-17-9-10-18(25-2)11-19(17)26-3;/h5-11H,4,13-14H2,1-3H3,(H2,22,23,24);1H. The molecule has 0 amide bonds. The lowest BCUT2D eigenvalue weighted by atomic mass is 10.1. The smallest absolute Gasteiger partial charge is 0.191 e. The first-order chi connectivity index (χ1) is 12.7. The molecule has 2 aromatic rings. The predicted molar refractivity (Wildman–Crippen MR) is 118 cm³/mol. The van der Waals surface area contributed by atoms with Gasteiger partial charge in [0.05, 0.1) is 32.4 Å². The average molecular weight is 480 g/mol. The van der Waals surface area contributed by atoms with Crippen molar-refractivity contribution in [2.24, 2.45) is 4.99 Å². The molecule has 7 heteroatoms. The number of halogens is 1. The Morgan fingerprint density at radius 1 is 1.07 bits per heavy atom. The van der Waals surface area contributed by atoms with Crippen LogP contribution in [0.15, 0.2) is 47.5 Å². The van der Waals surface area contributed by atoms with Gasteiger partial charge in [-0.3, -0.25) is 0 Å². The largest absolute Gasteiger partial charge is 0.497 e. The zero-order valence-electron chi connectivity index (χ0n) is 15.8. The molecule has 0 fully saturated rings. The van der Waals surface area contributed by atoms with Crippen LogP contribution in [-0.4, -0.2) is 26.7 Å². The highest BCUT2D eigenvalue weighted by molar-refractivity contribution is 14.0. The topological polar surface area (TPSA) is 78.7 Å². The minimum absolute atomic E-state index is 0. The fourth-order valence-electron chi connectivity index (χ4n) is 2.37. The van der Waals surface area contributed by atoms with Crippen LogP contribution >= 0.6 is 24.0 Å². The second-order valence-electron chi connectivity index (χ2n) is 5.54. The van der Waals surface area contributed by atoms with Crippen LogP contribution in [0.1, 0.15) is 23.6 Å². The number of nitrogens with zero attached hydrogens (tertiary/aromatic N) is 2. The first-order valence-corrected chi connectivity index (χ1v) is 8.42. The minimum Gasteiger partial charge on any atom is -0.497 e. The first-order valence-electron chi connectivity index (χ1n) is 8.42. The number of aliphatic imine (C=N–C) groups is 1. The van der Waals surface area contributed by atoms with Crippen molar-refractivity contribution in [3.63, 3.8) is 0 Å². The summed E-state index contributed by atoms with van der Waals surface area (Å²) in [5, 5.41) is 15.4. The maximum absolute atomic E-state index is 8.85. The summed E-state index contributed by atoms with van der Waals surface area (Å²) in [6, 6.07) is 15.3. The van der Waals surface area contributed by atoms with Crippen molar-refractivity contribution in [2.45, 2.75) is 20.0 Å². The highest BCUT2D eigenvalue weighted by Gasteiger charge is 2.06. The number of rotatable bonds is 7. The van der Waals surface area contributed by atoms with Crippen LogP contribution in [0.5, 0.6) is 11.5 Å².